The first-order valence-corrected chi connectivity index (χ1v) is 8.85. The fourth-order valence-electron chi connectivity index (χ4n) is 3.27. The fourth-order valence-corrected chi connectivity index (χ4v) is 3.27. The second kappa shape index (κ2) is 7.23. The molecule has 5 nitrogen and oxygen atoms in total. The number of benzene rings is 2. The standard InChI is InChI=1S/C22H19FN4O/c1-13-9-19-18(11-17(13)16-7-6-15(23)10-20(16)28-3)22(24-2)27-21(26-19)14-5-4-8-25-12-14/h4-12H,1-3H3,(H,24,26,27). The molecule has 0 saturated heterocycles. The van der Waals surface area contributed by atoms with E-state index in [4.69, 9.17) is 9.72 Å². The predicted octanol–water partition coefficient (Wildman–Crippen LogP) is 4.86. The van der Waals surface area contributed by atoms with Crippen molar-refractivity contribution in [3.05, 3.63) is 66.2 Å². The Labute approximate surface area is 162 Å². The smallest absolute Gasteiger partial charge is 0.163 e. The Balaban J connectivity index is 1.94. The van der Waals surface area contributed by atoms with Gasteiger partial charge in [-0.05, 0) is 54.4 Å². The van der Waals surface area contributed by atoms with Gasteiger partial charge in [0, 0.05) is 42.0 Å². The first kappa shape index (κ1) is 17.9. The van der Waals surface area contributed by atoms with E-state index in [1.807, 2.05) is 38.2 Å². The van der Waals surface area contributed by atoms with E-state index in [0.29, 0.717) is 17.4 Å². The lowest BCUT2D eigenvalue weighted by atomic mass is 9.97. The molecule has 4 aromatic rings. The van der Waals surface area contributed by atoms with Crippen molar-refractivity contribution in [3.8, 4) is 28.3 Å². The van der Waals surface area contributed by atoms with Crippen LogP contribution in [0.2, 0.25) is 0 Å². The molecule has 0 atom stereocenters. The Morgan fingerprint density at radius 1 is 1.04 bits per heavy atom. The summed E-state index contributed by atoms with van der Waals surface area (Å²) in [6, 6.07) is 12.4. The molecule has 0 radical (unpaired) electrons. The van der Waals surface area contributed by atoms with Gasteiger partial charge in [0.2, 0.25) is 0 Å². The Morgan fingerprint density at radius 3 is 2.61 bits per heavy atom. The molecule has 28 heavy (non-hydrogen) atoms. The summed E-state index contributed by atoms with van der Waals surface area (Å²) in [5.74, 6) is 1.48. The molecule has 0 saturated carbocycles. The number of methoxy groups -OCH3 is 1. The summed E-state index contributed by atoms with van der Waals surface area (Å²) in [4.78, 5) is 13.5. The van der Waals surface area contributed by atoms with Gasteiger partial charge in [-0.3, -0.25) is 4.98 Å². The number of aryl methyl sites for hydroxylation is 1. The maximum Gasteiger partial charge on any atom is 0.163 e. The normalized spacial score (nSPS) is 10.9. The topological polar surface area (TPSA) is 59.9 Å². The van der Waals surface area contributed by atoms with Crippen molar-refractivity contribution in [2.75, 3.05) is 19.5 Å². The SMILES string of the molecule is CNc1nc(-c2cccnc2)nc2cc(C)c(-c3ccc(F)cc3OC)cc12. The van der Waals surface area contributed by atoms with Crippen molar-refractivity contribution < 1.29 is 9.13 Å². The summed E-state index contributed by atoms with van der Waals surface area (Å²) < 4.78 is 19.0. The van der Waals surface area contributed by atoms with Crippen LogP contribution in [0.1, 0.15) is 5.56 Å². The van der Waals surface area contributed by atoms with Crippen molar-refractivity contribution in [1.29, 1.82) is 0 Å². The first-order chi connectivity index (χ1) is 13.6. The van der Waals surface area contributed by atoms with Crippen LogP contribution in [0.25, 0.3) is 33.4 Å². The molecule has 2 aromatic heterocycles. The van der Waals surface area contributed by atoms with Gasteiger partial charge in [0.15, 0.2) is 5.82 Å². The number of hydrogen-bond acceptors (Lipinski definition) is 5. The molecule has 2 aromatic carbocycles. The van der Waals surface area contributed by atoms with Crippen molar-refractivity contribution in [2.45, 2.75) is 6.92 Å². The molecular formula is C22H19FN4O. The van der Waals surface area contributed by atoms with Gasteiger partial charge in [-0.1, -0.05) is 0 Å². The van der Waals surface area contributed by atoms with Crippen LogP contribution in [0.3, 0.4) is 0 Å². The van der Waals surface area contributed by atoms with Crippen LogP contribution >= 0.6 is 0 Å². The van der Waals surface area contributed by atoms with E-state index in [2.05, 4.69) is 15.3 Å². The minimum atomic E-state index is -0.334. The number of ether oxygens (including phenoxy) is 1. The minimum absolute atomic E-state index is 0.334. The lowest BCUT2D eigenvalue weighted by molar-refractivity contribution is 0.413. The molecule has 4 rings (SSSR count). The maximum atomic E-state index is 13.6. The van der Waals surface area contributed by atoms with E-state index in [-0.39, 0.29) is 5.82 Å². The third-order valence-electron chi connectivity index (χ3n) is 4.65. The molecule has 0 aliphatic rings. The molecule has 140 valence electrons. The van der Waals surface area contributed by atoms with Crippen LogP contribution in [-0.4, -0.2) is 29.1 Å². The number of rotatable bonds is 4. The monoisotopic (exact) mass is 374 g/mol. The molecule has 0 bridgehead atoms. The van der Waals surface area contributed by atoms with Gasteiger partial charge >= 0.3 is 0 Å². The van der Waals surface area contributed by atoms with E-state index >= 15 is 0 Å². The number of fused-ring (bicyclic) bond motifs is 1. The van der Waals surface area contributed by atoms with E-state index in [1.54, 1.807) is 18.5 Å². The van der Waals surface area contributed by atoms with Gasteiger partial charge in [-0.2, -0.15) is 0 Å². The van der Waals surface area contributed by atoms with Crippen molar-refractivity contribution in [1.82, 2.24) is 15.0 Å². The van der Waals surface area contributed by atoms with Crippen LogP contribution < -0.4 is 10.1 Å². The fraction of sp³-hybridized carbons (Fsp3) is 0.136. The van der Waals surface area contributed by atoms with Crippen LogP contribution in [0, 0.1) is 12.7 Å². The average Bonchev–Trinajstić information content (AvgIpc) is 2.73. The molecule has 0 fully saturated rings. The first-order valence-electron chi connectivity index (χ1n) is 8.85. The molecule has 1 N–H and O–H groups in total. The van der Waals surface area contributed by atoms with Crippen LogP contribution in [0.5, 0.6) is 5.75 Å². The largest absolute Gasteiger partial charge is 0.496 e. The molecular weight excluding hydrogens is 355 g/mol. The Bertz CT molecular complexity index is 1160. The third kappa shape index (κ3) is 3.13. The van der Waals surface area contributed by atoms with Gasteiger partial charge in [-0.25, -0.2) is 14.4 Å². The van der Waals surface area contributed by atoms with Crippen LogP contribution in [0.15, 0.2) is 54.9 Å². The summed E-state index contributed by atoms with van der Waals surface area (Å²) in [7, 11) is 3.36. The molecule has 0 aliphatic heterocycles. The number of aromatic nitrogens is 3. The molecule has 0 spiro atoms. The molecule has 6 heteroatoms. The Kier molecular flexibility index (Phi) is 4.61. The Morgan fingerprint density at radius 2 is 1.89 bits per heavy atom. The van der Waals surface area contributed by atoms with Crippen molar-refractivity contribution in [2.24, 2.45) is 0 Å². The summed E-state index contributed by atoms with van der Waals surface area (Å²) in [6.45, 7) is 2.00. The van der Waals surface area contributed by atoms with Crippen molar-refractivity contribution in [3.63, 3.8) is 0 Å². The lowest BCUT2D eigenvalue weighted by Crippen LogP contribution is -2.00. The summed E-state index contributed by atoms with van der Waals surface area (Å²) in [5, 5.41) is 4.03. The van der Waals surface area contributed by atoms with Crippen molar-refractivity contribution >= 4 is 16.7 Å². The highest BCUT2D eigenvalue weighted by Crippen LogP contribution is 2.36. The minimum Gasteiger partial charge on any atom is -0.496 e. The predicted molar refractivity (Wildman–Crippen MR) is 109 cm³/mol. The summed E-state index contributed by atoms with van der Waals surface area (Å²) in [5.41, 5.74) is 4.44. The Hall–Kier alpha value is -3.54. The number of pyridine rings is 1. The lowest BCUT2D eigenvalue weighted by Gasteiger charge is -2.14. The number of hydrogen-bond donors (Lipinski definition) is 1. The number of halogens is 1. The highest BCUT2D eigenvalue weighted by molar-refractivity contribution is 5.95. The zero-order chi connectivity index (χ0) is 19.7. The highest BCUT2D eigenvalue weighted by atomic mass is 19.1. The highest BCUT2D eigenvalue weighted by Gasteiger charge is 2.15. The number of nitrogens with zero attached hydrogens (tertiary/aromatic N) is 3. The number of anilines is 1. The van der Waals surface area contributed by atoms with E-state index in [0.717, 1.165) is 33.2 Å². The quantitative estimate of drug-likeness (QED) is 0.553. The van der Waals surface area contributed by atoms with Gasteiger partial charge in [0.25, 0.3) is 0 Å². The summed E-state index contributed by atoms with van der Waals surface area (Å²) in [6.07, 6.45) is 3.46. The summed E-state index contributed by atoms with van der Waals surface area (Å²) >= 11 is 0. The van der Waals surface area contributed by atoms with Crippen LogP contribution in [-0.2, 0) is 0 Å². The second-order valence-corrected chi connectivity index (χ2v) is 6.42. The van der Waals surface area contributed by atoms with Gasteiger partial charge in [0.1, 0.15) is 17.4 Å². The number of nitrogens with one attached hydrogen (secondary N) is 1. The van der Waals surface area contributed by atoms with Gasteiger partial charge in [0.05, 0.1) is 12.6 Å². The zero-order valence-electron chi connectivity index (χ0n) is 15.8. The zero-order valence-corrected chi connectivity index (χ0v) is 15.8. The molecule has 0 aliphatic carbocycles. The third-order valence-corrected chi connectivity index (χ3v) is 4.65. The van der Waals surface area contributed by atoms with Gasteiger partial charge in [-0.15, -0.1) is 0 Å². The second-order valence-electron chi connectivity index (χ2n) is 6.42. The molecule has 0 amide bonds. The van der Waals surface area contributed by atoms with E-state index < -0.39 is 0 Å². The molecule has 2 heterocycles. The van der Waals surface area contributed by atoms with Gasteiger partial charge < -0.3 is 10.1 Å². The van der Waals surface area contributed by atoms with E-state index in [9.17, 15) is 4.39 Å². The average molecular weight is 374 g/mol. The maximum absolute atomic E-state index is 13.6. The van der Waals surface area contributed by atoms with Crippen LogP contribution in [0.4, 0.5) is 10.2 Å². The molecule has 0 unspecified atom stereocenters. The van der Waals surface area contributed by atoms with E-state index in [1.165, 1.54) is 19.2 Å².